The second-order valence-corrected chi connectivity index (χ2v) is 4.94. The van der Waals surface area contributed by atoms with Gasteiger partial charge in [0.05, 0.1) is 0 Å². The lowest BCUT2D eigenvalue weighted by Crippen LogP contribution is -2.29. The van der Waals surface area contributed by atoms with Gasteiger partial charge in [-0.3, -0.25) is 0 Å². The van der Waals surface area contributed by atoms with E-state index < -0.39 is 5.60 Å². The molecule has 1 heterocycles. The summed E-state index contributed by atoms with van der Waals surface area (Å²) in [6.07, 6.45) is 2.84. The molecule has 0 bridgehead atoms. The summed E-state index contributed by atoms with van der Waals surface area (Å²) in [5, 5.41) is 10.3. The summed E-state index contributed by atoms with van der Waals surface area (Å²) in [5.74, 6) is 5.98. The zero-order valence-corrected chi connectivity index (χ0v) is 11.0. The molecule has 2 heteroatoms. The van der Waals surface area contributed by atoms with E-state index in [1.54, 1.807) is 6.92 Å². The van der Waals surface area contributed by atoms with E-state index in [1.807, 2.05) is 30.3 Å². The van der Waals surface area contributed by atoms with Gasteiger partial charge in [-0.2, -0.15) is 0 Å². The molecule has 0 saturated carbocycles. The van der Waals surface area contributed by atoms with Crippen molar-refractivity contribution < 1.29 is 9.84 Å². The lowest BCUT2D eigenvalue weighted by atomic mass is 9.97. The Morgan fingerprint density at radius 3 is 2.72 bits per heavy atom. The summed E-state index contributed by atoms with van der Waals surface area (Å²) in [6.45, 7) is 3.87. The van der Waals surface area contributed by atoms with Gasteiger partial charge in [-0.15, -0.1) is 5.92 Å². The second-order valence-electron chi connectivity index (χ2n) is 4.94. The molecule has 1 aliphatic heterocycles. The summed E-state index contributed by atoms with van der Waals surface area (Å²) in [4.78, 5) is 0. The predicted octanol–water partition coefficient (Wildman–Crippen LogP) is 3.07. The molecule has 1 saturated heterocycles. The van der Waals surface area contributed by atoms with Crippen molar-refractivity contribution in [1.29, 1.82) is 0 Å². The standard InChI is InChI=1S/C16H20O2/c1-3-4-5-9-12-16(2,17)15-14(18-15)13-10-7-6-8-11-13/h6-8,10-11,14-15,17H,3-5H2,1-2H3. The summed E-state index contributed by atoms with van der Waals surface area (Å²) < 4.78 is 5.57. The fourth-order valence-electron chi connectivity index (χ4n) is 2.01. The van der Waals surface area contributed by atoms with E-state index in [2.05, 4.69) is 18.8 Å². The lowest BCUT2D eigenvalue weighted by molar-refractivity contribution is 0.0862. The first-order valence-corrected chi connectivity index (χ1v) is 6.58. The molecule has 2 rings (SSSR count). The van der Waals surface area contributed by atoms with Crippen LogP contribution >= 0.6 is 0 Å². The van der Waals surface area contributed by atoms with Crippen molar-refractivity contribution in [3.63, 3.8) is 0 Å². The van der Waals surface area contributed by atoms with Crippen LogP contribution in [0.15, 0.2) is 30.3 Å². The van der Waals surface area contributed by atoms with Crippen molar-refractivity contribution in [3.8, 4) is 11.8 Å². The Kier molecular flexibility index (Phi) is 4.06. The molecule has 1 aromatic carbocycles. The van der Waals surface area contributed by atoms with Crippen molar-refractivity contribution in [1.82, 2.24) is 0 Å². The maximum atomic E-state index is 10.3. The van der Waals surface area contributed by atoms with Crippen molar-refractivity contribution in [2.45, 2.75) is 50.9 Å². The van der Waals surface area contributed by atoms with Crippen LogP contribution in [0.5, 0.6) is 0 Å². The summed E-state index contributed by atoms with van der Waals surface area (Å²) >= 11 is 0. The van der Waals surface area contributed by atoms with Crippen LogP contribution in [0.4, 0.5) is 0 Å². The van der Waals surface area contributed by atoms with Crippen LogP contribution in [0.1, 0.15) is 44.8 Å². The smallest absolute Gasteiger partial charge is 0.151 e. The first-order chi connectivity index (χ1) is 8.65. The number of unbranched alkanes of at least 4 members (excludes halogenated alkanes) is 2. The number of ether oxygens (including phenoxy) is 1. The first-order valence-electron chi connectivity index (χ1n) is 6.58. The van der Waals surface area contributed by atoms with Gasteiger partial charge in [0.25, 0.3) is 0 Å². The van der Waals surface area contributed by atoms with Gasteiger partial charge in [-0.25, -0.2) is 0 Å². The Balaban J connectivity index is 1.95. The van der Waals surface area contributed by atoms with Crippen molar-refractivity contribution in [2.75, 3.05) is 0 Å². The SMILES string of the molecule is CCCCC#CC(C)(O)C1OC1c1ccccc1. The van der Waals surface area contributed by atoms with Gasteiger partial charge >= 0.3 is 0 Å². The Morgan fingerprint density at radius 1 is 1.33 bits per heavy atom. The summed E-state index contributed by atoms with van der Waals surface area (Å²) in [5.41, 5.74) is 0.0620. The summed E-state index contributed by atoms with van der Waals surface area (Å²) in [7, 11) is 0. The fraction of sp³-hybridized carbons (Fsp3) is 0.500. The molecule has 0 radical (unpaired) electrons. The second kappa shape index (κ2) is 5.56. The van der Waals surface area contributed by atoms with E-state index in [9.17, 15) is 5.11 Å². The van der Waals surface area contributed by atoms with Crippen molar-refractivity contribution in [3.05, 3.63) is 35.9 Å². The van der Waals surface area contributed by atoms with E-state index in [-0.39, 0.29) is 12.2 Å². The largest absolute Gasteiger partial charge is 0.375 e. The maximum Gasteiger partial charge on any atom is 0.151 e. The number of rotatable bonds is 4. The molecule has 1 fully saturated rings. The van der Waals surface area contributed by atoms with E-state index in [0.29, 0.717) is 0 Å². The van der Waals surface area contributed by atoms with Crippen molar-refractivity contribution >= 4 is 0 Å². The van der Waals surface area contributed by atoms with Crippen LogP contribution in [0.2, 0.25) is 0 Å². The number of aliphatic hydroxyl groups is 1. The third-order valence-electron chi connectivity index (χ3n) is 3.17. The van der Waals surface area contributed by atoms with E-state index in [4.69, 9.17) is 4.74 Å². The molecule has 0 aliphatic carbocycles. The van der Waals surface area contributed by atoms with Gasteiger partial charge in [0.15, 0.2) is 5.60 Å². The third-order valence-corrected chi connectivity index (χ3v) is 3.17. The highest BCUT2D eigenvalue weighted by molar-refractivity contribution is 5.28. The minimum atomic E-state index is -1.05. The topological polar surface area (TPSA) is 32.8 Å². The fourth-order valence-corrected chi connectivity index (χ4v) is 2.01. The Hall–Kier alpha value is -1.30. The highest BCUT2D eigenvalue weighted by Crippen LogP contribution is 2.44. The number of hydrogen-bond acceptors (Lipinski definition) is 2. The average Bonchev–Trinajstić information content (AvgIpc) is 3.17. The molecule has 3 atom stereocenters. The van der Waals surface area contributed by atoms with Crippen LogP contribution in [0.3, 0.4) is 0 Å². The Morgan fingerprint density at radius 2 is 2.06 bits per heavy atom. The maximum absolute atomic E-state index is 10.3. The number of hydrogen-bond donors (Lipinski definition) is 1. The molecule has 3 unspecified atom stereocenters. The number of epoxide rings is 1. The quantitative estimate of drug-likeness (QED) is 0.501. The van der Waals surface area contributed by atoms with Gasteiger partial charge in [0.2, 0.25) is 0 Å². The van der Waals surface area contributed by atoms with Crippen LogP contribution in [0, 0.1) is 11.8 Å². The highest BCUT2D eigenvalue weighted by Gasteiger charge is 2.51. The van der Waals surface area contributed by atoms with Crippen LogP contribution in [-0.4, -0.2) is 16.8 Å². The summed E-state index contributed by atoms with van der Waals surface area (Å²) in [6, 6.07) is 9.98. The molecule has 1 aromatic rings. The predicted molar refractivity (Wildman–Crippen MR) is 72.0 cm³/mol. The minimum absolute atomic E-state index is 0.0123. The molecule has 0 amide bonds. The molecule has 1 aliphatic rings. The van der Waals surface area contributed by atoms with Crippen molar-refractivity contribution in [2.24, 2.45) is 0 Å². The molecular formula is C16H20O2. The van der Waals surface area contributed by atoms with Gasteiger partial charge < -0.3 is 9.84 Å². The first kappa shape index (κ1) is 13.1. The van der Waals surface area contributed by atoms with E-state index >= 15 is 0 Å². The normalized spacial score (nSPS) is 24.8. The van der Waals surface area contributed by atoms with Crippen LogP contribution in [0.25, 0.3) is 0 Å². The average molecular weight is 244 g/mol. The molecular weight excluding hydrogens is 224 g/mol. The van der Waals surface area contributed by atoms with Gasteiger partial charge in [0.1, 0.15) is 12.2 Å². The van der Waals surface area contributed by atoms with Crippen LogP contribution < -0.4 is 0 Å². The molecule has 2 nitrogen and oxygen atoms in total. The molecule has 0 spiro atoms. The third kappa shape index (κ3) is 3.13. The van der Waals surface area contributed by atoms with Gasteiger partial charge in [0, 0.05) is 6.42 Å². The minimum Gasteiger partial charge on any atom is -0.375 e. The Bertz CT molecular complexity index is 439. The van der Waals surface area contributed by atoms with Gasteiger partial charge in [-0.1, -0.05) is 49.6 Å². The van der Waals surface area contributed by atoms with E-state index in [1.165, 1.54) is 0 Å². The molecule has 0 aromatic heterocycles. The van der Waals surface area contributed by atoms with Gasteiger partial charge in [-0.05, 0) is 18.9 Å². The molecule has 18 heavy (non-hydrogen) atoms. The van der Waals surface area contributed by atoms with Crippen LogP contribution in [-0.2, 0) is 4.74 Å². The zero-order chi connectivity index (χ0) is 13.0. The monoisotopic (exact) mass is 244 g/mol. The highest BCUT2D eigenvalue weighted by atomic mass is 16.6. The number of benzene rings is 1. The van der Waals surface area contributed by atoms with E-state index in [0.717, 1.165) is 24.8 Å². The Labute approximate surface area is 109 Å². The molecule has 96 valence electrons. The zero-order valence-electron chi connectivity index (χ0n) is 11.0. The molecule has 1 N–H and O–H groups in total. The lowest BCUT2D eigenvalue weighted by Gasteiger charge is -2.12.